The Morgan fingerprint density at radius 3 is 2.80 bits per heavy atom. The number of aromatic nitrogens is 1. The molecule has 0 aliphatic heterocycles. The Hall–Kier alpha value is -2.30. The van der Waals surface area contributed by atoms with Crippen molar-refractivity contribution in [1.29, 1.82) is 0 Å². The van der Waals surface area contributed by atoms with Gasteiger partial charge in [-0.1, -0.05) is 41.9 Å². The zero-order chi connectivity index (χ0) is 17.8. The molecule has 130 valence electrons. The number of fused-ring (bicyclic) bond motifs is 1. The molecule has 25 heavy (non-hydrogen) atoms. The summed E-state index contributed by atoms with van der Waals surface area (Å²) >= 11 is 5.98. The Balaban J connectivity index is 1.67. The minimum atomic E-state index is -0.298. The molecule has 0 saturated heterocycles. The summed E-state index contributed by atoms with van der Waals surface area (Å²) in [4.78, 5) is 15.5. The molecule has 1 aromatic heterocycles. The minimum absolute atomic E-state index is 0.0937. The highest BCUT2D eigenvalue weighted by Crippen LogP contribution is 2.22. The molecule has 5 heteroatoms. The number of hydrogen-bond acceptors (Lipinski definition) is 2. The van der Waals surface area contributed by atoms with E-state index in [0.717, 1.165) is 27.6 Å². The lowest BCUT2D eigenvalue weighted by Crippen LogP contribution is -2.40. The first-order valence-corrected chi connectivity index (χ1v) is 8.65. The van der Waals surface area contributed by atoms with Crippen molar-refractivity contribution in [3.63, 3.8) is 0 Å². The number of aromatic amines is 1. The van der Waals surface area contributed by atoms with Crippen LogP contribution in [0.2, 0.25) is 5.02 Å². The number of H-pyrrole nitrogens is 1. The summed E-state index contributed by atoms with van der Waals surface area (Å²) in [6, 6.07) is 13.3. The number of halogens is 1. The Bertz CT molecular complexity index is 888. The van der Waals surface area contributed by atoms with Gasteiger partial charge in [0.15, 0.2) is 0 Å². The predicted octanol–water partition coefficient (Wildman–Crippen LogP) is 3.39. The Kier molecular flexibility index (Phi) is 5.41. The molecule has 0 bridgehead atoms. The minimum Gasteiger partial charge on any atom is -0.394 e. The molecule has 0 unspecified atom stereocenters. The first kappa shape index (κ1) is 17.5. The summed E-state index contributed by atoms with van der Waals surface area (Å²) in [7, 11) is 0. The highest BCUT2D eigenvalue weighted by Gasteiger charge is 2.15. The Labute approximate surface area is 151 Å². The number of aliphatic hydroxyl groups is 1. The van der Waals surface area contributed by atoms with E-state index in [-0.39, 0.29) is 25.0 Å². The van der Waals surface area contributed by atoms with Gasteiger partial charge in [-0.25, -0.2) is 0 Å². The fraction of sp³-hybridized carbons (Fsp3) is 0.250. The van der Waals surface area contributed by atoms with Crippen LogP contribution in [0.15, 0.2) is 48.7 Å². The fourth-order valence-electron chi connectivity index (χ4n) is 3.02. The first-order chi connectivity index (χ1) is 12.1. The van der Waals surface area contributed by atoms with Gasteiger partial charge in [0.05, 0.1) is 19.1 Å². The molecule has 3 rings (SSSR count). The number of hydrogen-bond donors (Lipinski definition) is 3. The van der Waals surface area contributed by atoms with Crippen LogP contribution < -0.4 is 5.32 Å². The van der Waals surface area contributed by atoms with Crippen molar-refractivity contribution < 1.29 is 9.90 Å². The van der Waals surface area contributed by atoms with E-state index in [1.54, 1.807) is 0 Å². The second kappa shape index (κ2) is 7.72. The van der Waals surface area contributed by atoms with Gasteiger partial charge in [0.2, 0.25) is 5.91 Å². The van der Waals surface area contributed by atoms with E-state index in [4.69, 9.17) is 11.6 Å². The van der Waals surface area contributed by atoms with Gasteiger partial charge in [0.1, 0.15) is 0 Å². The van der Waals surface area contributed by atoms with Gasteiger partial charge in [0.25, 0.3) is 0 Å². The molecule has 0 radical (unpaired) electrons. The molecule has 3 aromatic rings. The molecule has 2 aromatic carbocycles. The number of carbonyl (C=O) groups excluding carboxylic acids is 1. The van der Waals surface area contributed by atoms with Gasteiger partial charge in [-0.05, 0) is 42.2 Å². The zero-order valence-electron chi connectivity index (χ0n) is 14.1. The Morgan fingerprint density at radius 2 is 2.04 bits per heavy atom. The molecule has 1 amide bonds. The third-order valence-corrected chi connectivity index (χ3v) is 4.63. The lowest BCUT2D eigenvalue weighted by Gasteiger charge is -2.17. The summed E-state index contributed by atoms with van der Waals surface area (Å²) in [5.41, 5.74) is 4.11. The molecule has 0 aliphatic rings. The molecule has 3 N–H and O–H groups in total. The summed E-state index contributed by atoms with van der Waals surface area (Å²) in [6.45, 7) is 1.94. The van der Waals surface area contributed by atoms with E-state index >= 15 is 0 Å². The van der Waals surface area contributed by atoms with Crippen molar-refractivity contribution in [3.8, 4) is 0 Å². The van der Waals surface area contributed by atoms with Crippen molar-refractivity contribution in [3.05, 3.63) is 70.4 Å². The molecular formula is C20H21ClN2O2. The van der Waals surface area contributed by atoms with Crippen molar-refractivity contribution in [2.45, 2.75) is 25.8 Å². The van der Waals surface area contributed by atoms with Crippen molar-refractivity contribution in [1.82, 2.24) is 10.3 Å². The number of carbonyl (C=O) groups is 1. The van der Waals surface area contributed by atoms with Crippen LogP contribution >= 0.6 is 11.6 Å². The Morgan fingerprint density at radius 1 is 1.24 bits per heavy atom. The molecule has 0 saturated carbocycles. The van der Waals surface area contributed by atoms with E-state index < -0.39 is 0 Å². The summed E-state index contributed by atoms with van der Waals surface area (Å²) < 4.78 is 0. The van der Waals surface area contributed by atoms with E-state index in [0.29, 0.717) is 11.4 Å². The van der Waals surface area contributed by atoms with Crippen LogP contribution in [0.1, 0.15) is 16.7 Å². The van der Waals surface area contributed by atoms with E-state index in [9.17, 15) is 9.90 Å². The number of aryl methyl sites for hydroxylation is 1. The largest absolute Gasteiger partial charge is 0.394 e. The monoisotopic (exact) mass is 356 g/mol. The maximum Gasteiger partial charge on any atom is 0.224 e. The van der Waals surface area contributed by atoms with Crippen LogP contribution in [0.3, 0.4) is 0 Å². The molecular weight excluding hydrogens is 336 g/mol. The summed E-state index contributed by atoms with van der Waals surface area (Å²) in [6.07, 6.45) is 2.69. The average Bonchev–Trinajstić information content (AvgIpc) is 2.98. The SMILES string of the molecule is Cc1ccccc1C[C@H](CO)NC(=O)Cc1c[nH]c2cc(Cl)ccc12. The molecule has 4 nitrogen and oxygen atoms in total. The quantitative estimate of drug-likeness (QED) is 0.633. The summed E-state index contributed by atoms with van der Waals surface area (Å²) in [5, 5.41) is 14.2. The normalized spacial score (nSPS) is 12.3. The lowest BCUT2D eigenvalue weighted by atomic mass is 10.0. The van der Waals surface area contributed by atoms with Crippen LogP contribution in [-0.4, -0.2) is 28.6 Å². The smallest absolute Gasteiger partial charge is 0.224 e. The van der Waals surface area contributed by atoms with Crippen molar-refractivity contribution in [2.24, 2.45) is 0 Å². The van der Waals surface area contributed by atoms with Gasteiger partial charge in [-0.2, -0.15) is 0 Å². The molecule has 0 spiro atoms. The molecule has 0 fully saturated rings. The zero-order valence-corrected chi connectivity index (χ0v) is 14.8. The van der Waals surface area contributed by atoms with Gasteiger partial charge in [-0.15, -0.1) is 0 Å². The van der Waals surface area contributed by atoms with Gasteiger partial charge in [0, 0.05) is 22.1 Å². The highest BCUT2D eigenvalue weighted by molar-refractivity contribution is 6.31. The highest BCUT2D eigenvalue weighted by atomic mass is 35.5. The predicted molar refractivity (Wildman–Crippen MR) is 101 cm³/mol. The van der Waals surface area contributed by atoms with Crippen molar-refractivity contribution >= 4 is 28.4 Å². The topological polar surface area (TPSA) is 65.1 Å². The van der Waals surface area contributed by atoms with Crippen molar-refractivity contribution in [2.75, 3.05) is 6.61 Å². The number of rotatable bonds is 6. The fourth-order valence-corrected chi connectivity index (χ4v) is 3.19. The van der Waals surface area contributed by atoms with Crippen LogP contribution in [0.5, 0.6) is 0 Å². The second-order valence-corrected chi connectivity index (χ2v) is 6.69. The third kappa shape index (κ3) is 4.21. The number of benzene rings is 2. The average molecular weight is 357 g/mol. The molecule has 1 heterocycles. The number of amides is 1. The van der Waals surface area contributed by atoms with Crippen LogP contribution in [0, 0.1) is 6.92 Å². The van der Waals surface area contributed by atoms with Gasteiger partial charge >= 0.3 is 0 Å². The third-order valence-electron chi connectivity index (χ3n) is 4.39. The summed E-state index contributed by atoms with van der Waals surface area (Å²) in [5.74, 6) is -0.108. The van der Waals surface area contributed by atoms with E-state index in [1.807, 2.05) is 55.6 Å². The van der Waals surface area contributed by atoms with Crippen LogP contribution in [-0.2, 0) is 17.6 Å². The second-order valence-electron chi connectivity index (χ2n) is 6.26. The maximum atomic E-state index is 12.4. The number of aliphatic hydroxyl groups excluding tert-OH is 1. The van der Waals surface area contributed by atoms with Crippen LogP contribution in [0.25, 0.3) is 10.9 Å². The van der Waals surface area contributed by atoms with Gasteiger partial charge < -0.3 is 15.4 Å². The molecule has 0 aliphatic carbocycles. The molecule has 1 atom stereocenters. The maximum absolute atomic E-state index is 12.4. The van der Waals surface area contributed by atoms with Gasteiger partial charge in [-0.3, -0.25) is 4.79 Å². The lowest BCUT2D eigenvalue weighted by molar-refractivity contribution is -0.121. The standard InChI is InChI=1S/C20H21ClN2O2/c1-13-4-2-3-5-14(13)8-17(12-24)23-20(25)9-15-11-22-19-10-16(21)6-7-18(15)19/h2-7,10-11,17,22,24H,8-9,12H2,1H3,(H,23,25)/t17-/m1/s1. The number of nitrogens with one attached hydrogen (secondary N) is 2. The van der Waals surface area contributed by atoms with E-state index in [2.05, 4.69) is 10.3 Å². The first-order valence-electron chi connectivity index (χ1n) is 8.27. The van der Waals surface area contributed by atoms with Crippen LogP contribution in [0.4, 0.5) is 0 Å². The van der Waals surface area contributed by atoms with E-state index in [1.165, 1.54) is 0 Å².